The van der Waals surface area contributed by atoms with Gasteiger partial charge in [-0.1, -0.05) is 131 Å². The maximum Gasteiger partial charge on any atom is 0.343 e. The first kappa shape index (κ1) is 29.7. The van der Waals surface area contributed by atoms with E-state index < -0.39 is 32.6 Å². The van der Waals surface area contributed by atoms with Crippen LogP contribution in [0.4, 0.5) is 4.11 Å². The van der Waals surface area contributed by atoms with Crippen molar-refractivity contribution in [1.29, 1.82) is 0 Å². The SMILES string of the molecule is C[Si](C)(C)C#Cc1ccccc1[Si](F)(c1ccccc1C#C[Si](C)(C)C)c1ccccc1C#C[Si](C)(C)C. The zero-order chi connectivity index (χ0) is 28.2. The predicted molar refractivity (Wildman–Crippen MR) is 176 cm³/mol. The van der Waals surface area contributed by atoms with E-state index in [9.17, 15) is 0 Å². The van der Waals surface area contributed by atoms with Crippen LogP contribution in [0.25, 0.3) is 0 Å². The van der Waals surface area contributed by atoms with Crippen LogP contribution < -0.4 is 15.6 Å². The molecule has 5 heteroatoms. The molecule has 3 aromatic carbocycles. The zero-order valence-corrected chi connectivity index (χ0v) is 28.3. The second-order valence-electron chi connectivity index (χ2n) is 12.8. The van der Waals surface area contributed by atoms with Crippen LogP contribution in [0.1, 0.15) is 16.7 Å². The van der Waals surface area contributed by atoms with Gasteiger partial charge in [-0.3, -0.25) is 4.11 Å². The van der Waals surface area contributed by atoms with Crippen LogP contribution in [-0.2, 0) is 0 Å². The maximum absolute atomic E-state index is 18.6. The highest BCUT2D eigenvalue weighted by atomic mass is 28.4. The van der Waals surface area contributed by atoms with Crippen molar-refractivity contribution in [3.8, 4) is 34.4 Å². The molecular weight excluding hydrogens is 528 g/mol. The highest BCUT2D eigenvalue weighted by Gasteiger charge is 2.45. The fourth-order valence-electron chi connectivity index (χ4n) is 3.88. The lowest BCUT2D eigenvalue weighted by molar-refractivity contribution is 0.841. The molecule has 0 N–H and O–H groups in total. The molecule has 0 radical (unpaired) electrons. The monoisotopic (exact) mass is 566 g/mol. The Labute approximate surface area is 234 Å². The van der Waals surface area contributed by atoms with Gasteiger partial charge in [0.2, 0.25) is 0 Å². The minimum absolute atomic E-state index is 0.676. The van der Waals surface area contributed by atoms with Crippen LogP contribution in [0.2, 0.25) is 58.9 Å². The Morgan fingerprint density at radius 1 is 0.421 bits per heavy atom. The lowest BCUT2D eigenvalue weighted by Crippen LogP contribution is -2.66. The van der Waals surface area contributed by atoms with Gasteiger partial charge in [0.1, 0.15) is 24.2 Å². The summed E-state index contributed by atoms with van der Waals surface area (Å²) < 4.78 is 18.6. The van der Waals surface area contributed by atoms with E-state index in [1.807, 2.05) is 72.8 Å². The molecule has 0 bridgehead atoms. The average Bonchev–Trinajstić information content (AvgIpc) is 2.84. The number of benzene rings is 3. The third-order valence-electron chi connectivity index (χ3n) is 5.61. The fourth-order valence-corrected chi connectivity index (χ4v) is 8.81. The minimum atomic E-state index is -4.06. The Hall–Kier alpha value is -2.86. The van der Waals surface area contributed by atoms with Gasteiger partial charge in [0.15, 0.2) is 0 Å². The zero-order valence-electron chi connectivity index (χ0n) is 24.3. The van der Waals surface area contributed by atoms with Gasteiger partial charge in [-0.05, 0) is 33.8 Å². The number of hydrogen-bond donors (Lipinski definition) is 0. The van der Waals surface area contributed by atoms with Crippen molar-refractivity contribution >= 4 is 48.2 Å². The van der Waals surface area contributed by atoms with Gasteiger partial charge in [0.25, 0.3) is 0 Å². The number of halogens is 1. The molecule has 3 rings (SSSR count). The smallest absolute Gasteiger partial charge is 0.296 e. The van der Waals surface area contributed by atoms with Gasteiger partial charge in [-0.2, -0.15) is 0 Å². The first-order valence-electron chi connectivity index (χ1n) is 13.2. The quantitative estimate of drug-likeness (QED) is 0.151. The van der Waals surface area contributed by atoms with Crippen molar-refractivity contribution in [2.24, 2.45) is 0 Å². The third-order valence-corrected chi connectivity index (χ3v) is 11.8. The maximum atomic E-state index is 18.6. The normalized spacial score (nSPS) is 11.8. The Bertz CT molecular complexity index is 1320. The summed E-state index contributed by atoms with van der Waals surface area (Å²) >= 11 is 0. The molecule has 0 atom stereocenters. The van der Waals surface area contributed by atoms with E-state index in [1.165, 1.54) is 0 Å². The molecule has 0 saturated carbocycles. The van der Waals surface area contributed by atoms with Crippen LogP contribution in [0.15, 0.2) is 72.8 Å². The third kappa shape index (κ3) is 7.82. The van der Waals surface area contributed by atoms with Crippen molar-refractivity contribution in [3.05, 3.63) is 89.5 Å². The summed E-state index contributed by atoms with van der Waals surface area (Å²) in [5.74, 6) is 10.2. The Balaban J connectivity index is 2.47. The summed E-state index contributed by atoms with van der Waals surface area (Å²) in [6.45, 7) is 19.9. The molecule has 0 aliphatic carbocycles. The number of hydrogen-bond acceptors (Lipinski definition) is 0. The summed E-state index contributed by atoms with van der Waals surface area (Å²) in [7, 11) is -9.08. The van der Waals surface area contributed by atoms with Gasteiger partial charge in [-0.15, -0.1) is 16.6 Å². The van der Waals surface area contributed by atoms with E-state index in [0.717, 1.165) is 16.7 Å². The van der Waals surface area contributed by atoms with E-state index in [0.29, 0.717) is 15.6 Å². The molecule has 3 aromatic rings. The Morgan fingerprint density at radius 3 is 0.895 bits per heavy atom. The molecule has 194 valence electrons. The van der Waals surface area contributed by atoms with E-state index in [-0.39, 0.29) is 0 Å². The van der Waals surface area contributed by atoms with Crippen LogP contribution in [0, 0.1) is 34.4 Å². The molecule has 0 saturated heterocycles. The van der Waals surface area contributed by atoms with E-state index >= 15 is 4.11 Å². The topological polar surface area (TPSA) is 0 Å². The highest BCUT2D eigenvalue weighted by Crippen LogP contribution is 2.17. The van der Waals surface area contributed by atoms with Crippen LogP contribution in [0.3, 0.4) is 0 Å². The van der Waals surface area contributed by atoms with Crippen molar-refractivity contribution < 1.29 is 4.11 Å². The van der Waals surface area contributed by atoms with Gasteiger partial charge < -0.3 is 0 Å². The molecule has 0 heterocycles. The second-order valence-corrected chi connectivity index (χ2v) is 30.0. The van der Waals surface area contributed by atoms with E-state index in [1.54, 1.807) is 0 Å². The molecule has 38 heavy (non-hydrogen) atoms. The molecule has 0 amide bonds. The molecule has 0 aromatic heterocycles. The Kier molecular flexibility index (Phi) is 8.97. The van der Waals surface area contributed by atoms with Crippen LogP contribution in [-0.4, -0.2) is 32.6 Å². The molecule has 0 fully saturated rings. The van der Waals surface area contributed by atoms with E-state index in [2.05, 4.69) is 93.3 Å². The standard InChI is InChI=1S/C33H39FSi4/c1-35(2,3)25-22-28-16-10-13-19-31(28)38(34,32-20-14-11-17-29(32)23-26-36(4,5)6)33-21-15-12-18-30(33)24-27-37(7,8)9/h10-21H,1-9H3. The predicted octanol–water partition coefficient (Wildman–Crippen LogP) is 6.31. The molecule has 0 aliphatic rings. The first-order chi connectivity index (χ1) is 17.6. The largest absolute Gasteiger partial charge is 0.343 e. The van der Waals surface area contributed by atoms with Crippen molar-refractivity contribution in [3.63, 3.8) is 0 Å². The van der Waals surface area contributed by atoms with Gasteiger partial charge in [0, 0.05) is 16.7 Å². The van der Waals surface area contributed by atoms with E-state index in [4.69, 9.17) is 0 Å². The fraction of sp³-hybridized carbons (Fsp3) is 0.273. The van der Waals surface area contributed by atoms with Gasteiger partial charge in [0.05, 0.1) is 0 Å². The summed E-state index contributed by atoms with van der Waals surface area (Å²) in [5.41, 5.74) is 12.7. The molecule has 0 unspecified atom stereocenters. The lowest BCUT2D eigenvalue weighted by Gasteiger charge is -2.27. The Morgan fingerprint density at radius 2 is 0.658 bits per heavy atom. The number of rotatable bonds is 3. The van der Waals surface area contributed by atoms with Crippen molar-refractivity contribution in [2.45, 2.75) is 58.9 Å². The van der Waals surface area contributed by atoms with Crippen LogP contribution in [0.5, 0.6) is 0 Å². The first-order valence-corrected chi connectivity index (χ1v) is 25.5. The summed E-state index contributed by atoms with van der Waals surface area (Å²) in [6, 6.07) is 23.4. The summed E-state index contributed by atoms with van der Waals surface area (Å²) in [5, 5.41) is 2.03. The molecule has 0 nitrogen and oxygen atoms in total. The summed E-state index contributed by atoms with van der Waals surface area (Å²) in [6.07, 6.45) is 0. The summed E-state index contributed by atoms with van der Waals surface area (Å²) in [4.78, 5) is 0. The lowest BCUT2D eigenvalue weighted by atomic mass is 10.2. The molecular formula is C33H39FSi4. The second kappa shape index (κ2) is 11.5. The minimum Gasteiger partial charge on any atom is -0.296 e. The molecule has 0 spiro atoms. The van der Waals surface area contributed by atoms with Gasteiger partial charge in [-0.25, -0.2) is 0 Å². The van der Waals surface area contributed by atoms with Crippen molar-refractivity contribution in [1.82, 2.24) is 0 Å². The molecule has 0 aliphatic heterocycles. The average molecular weight is 567 g/mol. The van der Waals surface area contributed by atoms with Crippen molar-refractivity contribution in [2.75, 3.05) is 0 Å². The van der Waals surface area contributed by atoms with Crippen LogP contribution >= 0.6 is 0 Å². The van der Waals surface area contributed by atoms with Gasteiger partial charge >= 0.3 is 8.41 Å². The highest BCUT2D eigenvalue weighted by molar-refractivity contribution is 7.07.